The molecule has 0 fully saturated rings. The van der Waals surface area contributed by atoms with Gasteiger partial charge in [-0.1, -0.05) is 19.1 Å². The number of thiophene rings is 1. The van der Waals surface area contributed by atoms with Gasteiger partial charge in [-0.3, -0.25) is 14.5 Å². The first-order valence-corrected chi connectivity index (χ1v) is 11.8. The Morgan fingerprint density at radius 1 is 1.26 bits per heavy atom. The summed E-state index contributed by atoms with van der Waals surface area (Å²) in [5.41, 5.74) is 14.0. The molecule has 2 aromatic heterocycles. The van der Waals surface area contributed by atoms with E-state index in [1.807, 2.05) is 49.9 Å². The molecule has 182 valence electrons. The van der Waals surface area contributed by atoms with Gasteiger partial charge in [0.15, 0.2) is 0 Å². The first-order valence-electron chi connectivity index (χ1n) is 11.0. The van der Waals surface area contributed by atoms with Gasteiger partial charge in [-0.05, 0) is 32.5 Å². The number of nitrogens with two attached hydrogens (primary N) is 2. The van der Waals surface area contributed by atoms with Crippen molar-refractivity contribution in [3.8, 4) is 11.3 Å². The van der Waals surface area contributed by atoms with Gasteiger partial charge in [0, 0.05) is 30.9 Å². The Hall–Kier alpha value is -3.28. The third-order valence-corrected chi connectivity index (χ3v) is 6.19. The van der Waals surface area contributed by atoms with Crippen molar-refractivity contribution in [2.45, 2.75) is 26.8 Å². The maximum absolute atomic E-state index is 12.6. The number of anilines is 3. The topological polar surface area (TPSA) is 148 Å². The van der Waals surface area contributed by atoms with Gasteiger partial charge in [-0.25, -0.2) is 9.97 Å². The summed E-state index contributed by atoms with van der Waals surface area (Å²) in [5.74, 6) is -0.322. The van der Waals surface area contributed by atoms with Crippen molar-refractivity contribution in [2.75, 3.05) is 49.7 Å². The predicted octanol–water partition coefficient (Wildman–Crippen LogP) is 2.77. The molecule has 2 amide bonds. The van der Waals surface area contributed by atoms with Crippen LogP contribution in [0.3, 0.4) is 0 Å². The van der Waals surface area contributed by atoms with Gasteiger partial charge >= 0.3 is 0 Å². The molecule has 3 rings (SSSR count). The summed E-state index contributed by atoms with van der Waals surface area (Å²) in [6.45, 7) is 8.18. The van der Waals surface area contributed by atoms with E-state index in [9.17, 15) is 9.59 Å². The van der Waals surface area contributed by atoms with E-state index in [0.717, 1.165) is 23.4 Å². The van der Waals surface area contributed by atoms with Crippen LogP contribution in [0.5, 0.6) is 0 Å². The molecule has 2 heterocycles. The highest BCUT2D eigenvalue weighted by Crippen LogP contribution is 2.39. The van der Waals surface area contributed by atoms with Crippen LogP contribution in [-0.4, -0.2) is 66.1 Å². The zero-order valence-electron chi connectivity index (χ0n) is 19.8. The van der Waals surface area contributed by atoms with Gasteiger partial charge < -0.3 is 26.8 Å². The fraction of sp³-hybridized carbons (Fsp3) is 0.391. The number of hydrogen-bond donors (Lipinski definition) is 4. The molecular weight excluding hydrogens is 454 g/mol. The summed E-state index contributed by atoms with van der Waals surface area (Å²) >= 11 is 1.14. The van der Waals surface area contributed by atoms with Gasteiger partial charge in [0.1, 0.15) is 9.71 Å². The fourth-order valence-electron chi connectivity index (χ4n) is 3.45. The van der Waals surface area contributed by atoms with Gasteiger partial charge in [-0.15, -0.1) is 11.3 Å². The van der Waals surface area contributed by atoms with Crippen LogP contribution in [0, 0.1) is 0 Å². The average Bonchev–Trinajstić information content (AvgIpc) is 3.12. The van der Waals surface area contributed by atoms with Gasteiger partial charge in [0.2, 0.25) is 11.9 Å². The van der Waals surface area contributed by atoms with Crippen molar-refractivity contribution in [1.82, 2.24) is 14.9 Å². The number of methoxy groups -OCH3 is 1. The Kier molecular flexibility index (Phi) is 8.37. The quantitative estimate of drug-likeness (QED) is 0.324. The van der Waals surface area contributed by atoms with Crippen molar-refractivity contribution in [3.05, 3.63) is 29.1 Å². The number of nitrogens with one attached hydrogen (secondary N) is 2. The molecule has 1 aromatic carbocycles. The number of ether oxygens (including phenoxy) is 1. The maximum atomic E-state index is 12.6. The predicted molar refractivity (Wildman–Crippen MR) is 137 cm³/mol. The number of carbonyl (C=O) groups excluding carboxylic acids is 2. The third-order valence-electron chi connectivity index (χ3n) is 5.08. The van der Waals surface area contributed by atoms with Crippen LogP contribution in [0.4, 0.5) is 17.3 Å². The van der Waals surface area contributed by atoms with Crippen LogP contribution in [0.1, 0.15) is 30.4 Å². The minimum atomic E-state index is -0.611. The summed E-state index contributed by atoms with van der Waals surface area (Å²) in [6.07, 6.45) is 0. The molecule has 0 atom stereocenters. The molecule has 11 heteroatoms. The Labute approximate surface area is 202 Å². The number of rotatable bonds is 11. The SMILES string of the molecule is CCN(CCOC)CC(=O)Nc1cccc(-c2nc(NC(C)C)nc3sc(C(N)=O)c(N)c23)c1. The standard InChI is InChI=1S/C23H31N7O3S/c1-5-30(9-10-33-4)12-16(31)27-15-8-6-7-14(11-15)19-17-18(24)20(21(25)32)34-22(17)29-23(28-19)26-13(2)3/h6-8,11,13H,5,9-10,12,24H2,1-4H3,(H2,25,32)(H,27,31)(H,26,28,29). The number of hydrogen-bond acceptors (Lipinski definition) is 9. The summed E-state index contributed by atoms with van der Waals surface area (Å²) < 4.78 is 5.10. The molecule has 0 saturated carbocycles. The first-order chi connectivity index (χ1) is 16.2. The van der Waals surface area contributed by atoms with Crippen molar-refractivity contribution in [2.24, 2.45) is 5.73 Å². The number of carbonyl (C=O) groups is 2. The number of nitrogen functional groups attached to an aromatic ring is 1. The number of primary amides is 1. The highest BCUT2D eigenvalue weighted by atomic mass is 32.1. The fourth-order valence-corrected chi connectivity index (χ4v) is 4.40. The molecule has 0 radical (unpaired) electrons. The minimum Gasteiger partial charge on any atom is -0.397 e. The minimum absolute atomic E-state index is 0.100. The van der Waals surface area contributed by atoms with E-state index in [0.29, 0.717) is 40.7 Å². The lowest BCUT2D eigenvalue weighted by atomic mass is 10.1. The molecule has 0 unspecified atom stereocenters. The average molecular weight is 486 g/mol. The van der Waals surface area contributed by atoms with Crippen LogP contribution in [0.25, 0.3) is 21.5 Å². The Morgan fingerprint density at radius 2 is 2.03 bits per heavy atom. The molecule has 0 bridgehead atoms. The molecular formula is C23H31N7O3S. The molecule has 0 aliphatic heterocycles. The van der Waals surface area contributed by atoms with E-state index in [-0.39, 0.29) is 29.1 Å². The van der Waals surface area contributed by atoms with Crippen molar-refractivity contribution in [1.29, 1.82) is 0 Å². The summed E-state index contributed by atoms with van der Waals surface area (Å²) in [4.78, 5) is 36.5. The van der Waals surface area contributed by atoms with Crippen LogP contribution in [0.2, 0.25) is 0 Å². The number of nitrogens with zero attached hydrogens (tertiary/aromatic N) is 3. The summed E-state index contributed by atoms with van der Waals surface area (Å²) in [7, 11) is 1.64. The van der Waals surface area contributed by atoms with E-state index in [1.165, 1.54) is 0 Å². The largest absolute Gasteiger partial charge is 0.397 e. The monoisotopic (exact) mass is 485 g/mol. The second-order valence-corrected chi connectivity index (χ2v) is 9.07. The molecule has 0 saturated heterocycles. The first kappa shape index (κ1) is 25.3. The number of amides is 2. The van der Waals surface area contributed by atoms with Crippen LogP contribution >= 0.6 is 11.3 Å². The molecule has 0 aliphatic carbocycles. The highest BCUT2D eigenvalue weighted by molar-refractivity contribution is 7.21. The second kappa shape index (κ2) is 11.2. The van der Waals surface area contributed by atoms with E-state index in [2.05, 4.69) is 20.6 Å². The lowest BCUT2D eigenvalue weighted by Crippen LogP contribution is -2.35. The smallest absolute Gasteiger partial charge is 0.260 e. The van der Waals surface area contributed by atoms with E-state index >= 15 is 0 Å². The van der Waals surface area contributed by atoms with Crippen LogP contribution in [-0.2, 0) is 9.53 Å². The Balaban J connectivity index is 1.97. The van der Waals surface area contributed by atoms with Crippen LogP contribution < -0.4 is 22.1 Å². The van der Waals surface area contributed by atoms with Crippen molar-refractivity contribution < 1.29 is 14.3 Å². The van der Waals surface area contributed by atoms with Gasteiger partial charge in [0.05, 0.1) is 29.9 Å². The third kappa shape index (κ3) is 5.99. The lowest BCUT2D eigenvalue weighted by Gasteiger charge is -2.19. The molecule has 34 heavy (non-hydrogen) atoms. The highest BCUT2D eigenvalue weighted by Gasteiger charge is 2.21. The second-order valence-electron chi connectivity index (χ2n) is 8.07. The molecule has 6 N–H and O–H groups in total. The van der Waals surface area contributed by atoms with Gasteiger partial charge in [0.25, 0.3) is 5.91 Å². The number of likely N-dealkylation sites (N-methyl/N-ethyl adjacent to an activating group) is 1. The van der Waals surface area contributed by atoms with Gasteiger partial charge in [-0.2, -0.15) is 0 Å². The molecule has 0 spiro atoms. The summed E-state index contributed by atoms with van der Waals surface area (Å²) in [5, 5.41) is 6.70. The van der Waals surface area contributed by atoms with E-state index in [4.69, 9.17) is 16.2 Å². The Bertz CT molecular complexity index is 1180. The van der Waals surface area contributed by atoms with Crippen molar-refractivity contribution >= 4 is 50.7 Å². The lowest BCUT2D eigenvalue weighted by molar-refractivity contribution is -0.117. The van der Waals surface area contributed by atoms with E-state index in [1.54, 1.807) is 7.11 Å². The number of benzene rings is 1. The zero-order valence-corrected chi connectivity index (χ0v) is 20.7. The normalized spacial score (nSPS) is 11.4. The number of aromatic nitrogens is 2. The number of fused-ring (bicyclic) bond motifs is 1. The van der Waals surface area contributed by atoms with Crippen LogP contribution in [0.15, 0.2) is 24.3 Å². The van der Waals surface area contributed by atoms with E-state index < -0.39 is 5.91 Å². The molecule has 3 aromatic rings. The zero-order chi connectivity index (χ0) is 24.8. The van der Waals surface area contributed by atoms with Crippen molar-refractivity contribution in [3.63, 3.8) is 0 Å². The Morgan fingerprint density at radius 3 is 2.68 bits per heavy atom. The maximum Gasteiger partial charge on any atom is 0.260 e. The molecule has 10 nitrogen and oxygen atoms in total. The summed E-state index contributed by atoms with van der Waals surface area (Å²) in [6, 6.07) is 7.43. The molecule has 0 aliphatic rings.